The number of guanidine groups is 1. The lowest BCUT2D eigenvalue weighted by Gasteiger charge is -2.33. The number of likely N-dealkylation sites (tertiary alicyclic amines) is 1. The minimum Gasteiger partial charge on any atom is -0.377 e. The van der Waals surface area contributed by atoms with Crippen molar-refractivity contribution in [3.8, 4) is 11.6 Å². The molecule has 1 saturated heterocycles. The Hall–Kier alpha value is -2.52. The van der Waals surface area contributed by atoms with Gasteiger partial charge in [-0.05, 0) is 38.8 Å². The number of nitrogens with one attached hydrogen (secondary N) is 2. The Morgan fingerprint density at radius 2 is 2.17 bits per heavy atom. The van der Waals surface area contributed by atoms with E-state index in [9.17, 15) is 0 Å². The van der Waals surface area contributed by atoms with E-state index < -0.39 is 0 Å². The Balaban J connectivity index is 1.35. The number of nitrogens with zero attached hydrogens (tertiary/aromatic N) is 5. The molecule has 3 heterocycles. The summed E-state index contributed by atoms with van der Waals surface area (Å²) in [5.74, 6) is 1.90. The van der Waals surface area contributed by atoms with E-state index in [1.165, 1.54) is 0 Å². The second-order valence-electron chi connectivity index (χ2n) is 7.66. The highest BCUT2D eigenvalue weighted by molar-refractivity contribution is 5.79. The Labute approximate surface area is 178 Å². The van der Waals surface area contributed by atoms with Crippen LogP contribution in [0.2, 0.25) is 0 Å². The summed E-state index contributed by atoms with van der Waals surface area (Å²) in [5, 5.41) is 10.9. The number of hydrogen-bond acceptors (Lipinski definition) is 7. The molecule has 1 aliphatic rings. The fourth-order valence-corrected chi connectivity index (χ4v) is 3.35. The zero-order chi connectivity index (χ0) is 21.2. The molecular weight excluding hydrogens is 382 g/mol. The van der Waals surface area contributed by atoms with Crippen molar-refractivity contribution in [2.45, 2.75) is 45.3 Å². The lowest BCUT2D eigenvalue weighted by molar-refractivity contribution is 0.0532. The number of rotatable bonds is 9. The van der Waals surface area contributed by atoms with Crippen molar-refractivity contribution in [1.82, 2.24) is 30.7 Å². The maximum Gasteiger partial charge on any atom is 0.276 e. The van der Waals surface area contributed by atoms with E-state index in [2.05, 4.69) is 49.5 Å². The van der Waals surface area contributed by atoms with Crippen molar-refractivity contribution in [3.63, 3.8) is 0 Å². The fraction of sp³-hybridized carbons (Fsp3) is 0.619. The van der Waals surface area contributed by atoms with Crippen molar-refractivity contribution in [1.29, 1.82) is 0 Å². The molecule has 2 aromatic rings. The van der Waals surface area contributed by atoms with Crippen molar-refractivity contribution in [3.05, 3.63) is 30.2 Å². The van der Waals surface area contributed by atoms with Gasteiger partial charge in [0.05, 0.1) is 12.7 Å². The zero-order valence-electron chi connectivity index (χ0n) is 18.2. The molecule has 0 aromatic carbocycles. The Morgan fingerprint density at radius 3 is 2.87 bits per heavy atom. The normalized spacial score (nSPS) is 16.2. The van der Waals surface area contributed by atoms with Gasteiger partial charge in [0, 0.05) is 51.9 Å². The molecule has 3 rings (SSSR count). The van der Waals surface area contributed by atoms with E-state index in [1.54, 1.807) is 13.2 Å². The van der Waals surface area contributed by atoms with Crippen molar-refractivity contribution in [2.24, 2.45) is 4.99 Å². The largest absolute Gasteiger partial charge is 0.377 e. The van der Waals surface area contributed by atoms with Gasteiger partial charge in [-0.2, -0.15) is 4.98 Å². The van der Waals surface area contributed by atoms with Crippen LogP contribution in [0.25, 0.3) is 11.6 Å². The molecule has 0 atom stereocenters. The van der Waals surface area contributed by atoms with Gasteiger partial charge in [-0.15, -0.1) is 0 Å². The van der Waals surface area contributed by atoms with Crippen molar-refractivity contribution >= 4 is 5.96 Å². The van der Waals surface area contributed by atoms with Crippen LogP contribution in [0.3, 0.4) is 0 Å². The first-order valence-electron chi connectivity index (χ1n) is 10.7. The Morgan fingerprint density at radius 1 is 1.33 bits per heavy atom. The van der Waals surface area contributed by atoms with Gasteiger partial charge in [0.1, 0.15) is 5.69 Å². The summed E-state index contributed by atoms with van der Waals surface area (Å²) in [6.45, 7) is 8.79. The fourth-order valence-electron chi connectivity index (χ4n) is 3.35. The molecule has 1 aliphatic heterocycles. The third kappa shape index (κ3) is 7.07. The molecule has 2 N–H and O–H groups in total. The van der Waals surface area contributed by atoms with Crippen LogP contribution >= 0.6 is 0 Å². The average Bonchev–Trinajstić information content (AvgIpc) is 3.23. The molecule has 0 spiro atoms. The first-order valence-corrected chi connectivity index (χ1v) is 10.7. The number of aliphatic imine (C=N–C) groups is 1. The van der Waals surface area contributed by atoms with Crippen LogP contribution in [0, 0.1) is 0 Å². The lowest BCUT2D eigenvalue weighted by Crippen LogP contribution is -2.49. The molecule has 0 unspecified atom stereocenters. The summed E-state index contributed by atoms with van der Waals surface area (Å²) in [6.07, 6.45) is 4.85. The maximum absolute atomic E-state index is 5.65. The van der Waals surface area contributed by atoms with E-state index in [-0.39, 0.29) is 0 Å². The van der Waals surface area contributed by atoms with Crippen molar-refractivity contribution < 1.29 is 9.26 Å². The van der Waals surface area contributed by atoms with Gasteiger partial charge in [0.25, 0.3) is 5.89 Å². The van der Waals surface area contributed by atoms with Gasteiger partial charge in [-0.25, -0.2) is 0 Å². The number of hydrogen-bond donors (Lipinski definition) is 2. The monoisotopic (exact) mass is 415 g/mol. The molecule has 164 valence electrons. The third-order valence-corrected chi connectivity index (χ3v) is 5.00. The highest BCUT2D eigenvalue weighted by Crippen LogP contribution is 2.13. The van der Waals surface area contributed by atoms with Gasteiger partial charge >= 0.3 is 0 Å². The van der Waals surface area contributed by atoms with E-state index in [1.807, 2.05) is 18.2 Å². The van der Waals surface area contributed by atoms with Crippen LogP contribution in [-0.4, -0.2) is 78.0 Å². The molecule has 0 aliphatic carbocycles. The van der Waals surface area contributed by atoms with E-state index >= 15 is 0 Å². The van der Waals surface area contributed by atoms with Gasteiger partial charge in [-0.3, -0.25) is 9.98 Å². The van der Waals surface area contributed by atoms with Gasteiger partial charge in [0.2, 0.25) is 0 Å². The summed E-state index contributed by atoms with van der Waals surface area (Å²) in [6, 6.07) is 6.03. The molecule has 9 nitrogen and oxygen atoms in total. The third-order valence-electron chi connectivity index (χ3n) is 5.00. The summed E-state index contributed by atoms with van der Waals surface area (Å²) < 4.78 is 11.0. The van der Waals surface area contributed by atoms with E-state index in [4.69, 9.17) is 9.26 Å². The average molecular weight is 416 g/mol. The minimum absolute atomic E-state index is 0.299. The predicted octanol–water partition coefficient (Wildman–Crippen LogP) is 1.73. The summed E-state index contributed by atoms with van der Waals surface area (Å²) in [4.78, 5) is 15.4. The first-order chi connectivity index (χ1) is 14.6. The van der Waals surface area contributed by atoms with Crippen LogP contribution in [0.15, 0.2) is 33.9 Å². The van der Waals surface area contributed by atoms with Crippen LogP contribution < -0.4 is 10.6 Å². The molecule has 0 radical (unpaired) electrons. The molecular formula is C21H33N7O2. The molecule has 9 heteroatoms. The summed E-state index contributed by atoms with van der Waals surface area (Å²) in [7, 11) is 1.79. The first kappa shape index (κ1) is 22.2. The quantitative estimate of drug-likeness (QED) is 0.472. The highest BCUT2D eigenvalue weighted by Gasteiger charge is 2.20. The maximum atomic E-state index is 5.65. The van der Waals surface area contributed by atoms with Crippen molar-refractivity contribution in [2.75, 3.05) is 39.8 Å². The Bertz CT molecular complexity index is 771. The van der Waals surface area contributed by atoms with Gasteiger partial charge in [-0.1, -0.05) is 11.2 Å². The zero-order valence-corrected chi connectivity index (χ0v) is 18.2. The van der Waals surface area contributed by atoms with E-state index in [0.29, 0.717) is 42.5 Å². The highest BCUT2D eigenvalue weighted by atomic mass is 16.5. The SMILES string of the molecule is CN=C(NCCc1noc(-c2ccccn2)n1)NC1CCN(CCOC(C)C)CC1. The van der Waals surface area contributed by atoms with Crippen LogP contribution in [0.5, 0.6) is 0 Å². The summed E-state index contributed by atoms with van der Waals surface area (Å²) in [5.41, 5.74) is 0.684. The number of ether oxygens (including phenoxy) is 1. The minimum atomic E-state index is 0.299. The number of aromatic nitrogens is 3. The molecule has 0 saturated carbocycles. The molecule has 0 bridgehead atoms. The van der Waals surface area contributed by atoms with Crippen LogP contribution in [0.4, 0.5) is 0 Å². The number of pyridine rings is 1. The lowest BCUT2D eigenvalue weighted by atomic mass is 10.1. The van der Waals surface area contributed by atoms with Gasteiger partial charge in [0.15, 0.2) is 11.8 Å². The summed E-state index contributed by atoms with van der Waals surface area (Å²) >= 11 is 0. The van der Waals surface area contributed by atoms with Gasteiger partial charge < -0.3 is 24.8 Å². The van der Waals surface area contributed by atoms with E-state index in [0.717, 1.165) is 45.0 Å². The second-order valence-corrected chi connectivity index (χ2v) is 7.66. The predicted molar refractivity (Wildman–Crippen MR) is 116 cm³/mol. The number of piperidine rings is 1. The topological polar surface area (TPSA) is 101 Å². The molecule has 2 aromatic heterocycles. The second kappa shape index (κ2) is 11.6. The molecule has 1 fully saturated rings. The molecule has 0 amide bonds. The van der Waals surface area contributed by atoms with Crippen LogP contribution in [-0.2, 0) is 11.2 Å². The standard InChI is InChI=1S/C21H33N7O2/c1-16(2)29-15-14-28-12-8-17(9-13-28)25-21(22-3)24-11-7-19-26-20(30-27-19)18-6-4-5-10-23-18/h4-6,10,16-17H,7-9,11-15H2,1-3H3,(H2,22,24,25). The smallest absolute Gasteiger partial charge is 0.276 e. The Kier molecular flexibility index (Phi) is 8.58. The van der Waals surface area contributed by atoms with Crippen LogP contribution in [0.1, 0.15) is 32.5 Å². The molecule has 30 heavy (non-hydrogen) atoms.